The van der Waals surface area contributed by atoms with Crippen LogP contribution >= 0.6 is 23.5 Å². The molecule has 0 aliphatic carbocycles. The van der Waals surface area contributed by atoms with Crippen molar-refractivity contribution in [3.05, 3.63) is 42.0 Å². The summed E-state index contributed by atoms with van der Waals surface area (Å²) in [5.74, 6) is 2.63. The van der Waals surface area contributed by atoms with Gasteiger partial charge in [0.1, 0.15) is 0 Å². The van der Waals surface area contributed by atoms with Crippen LogP contribution in [-0.2, 0) is 0 Å². The lowest BCUT2D eigenvalue weighted by Gasteiger charge is -2.06. The SMILES string of the molecule is C(=C\C1SCCCCS1)/c1ccccc1. The smallest absolute Gasteiger partial charge is 0.0685 e. The summed E-state index contributed by atoms with van der Waals surface area (Å²) in [5, 5.41) is 0. The summed E-state index contributed by atoms with van der Waals surface area (Å²) in [5.41, 5.74) is 1.31. The first-order valence-corrected chi connectivity index (χ1v) is 7.51. The van der Waals surface area contributed by atoms with Crippen molar-refractivity contribution in [2.45, 2.75) is 17.4 Å². The van der Waals surface area contributed by atoms with E-state index in [-0.39, 0.29) is 0 Å². The minimum absolute atomic E-state index is 0.660. The summed E-state index contributed by atoms with van der Waals surface area (Å²) < 4.78 is 0.660. The molecule has 0 nitrogen and oxygen atoms in total. The van der Waals surface area contributed by atoms with Crippen molar-refractivity contribution in [1.82, 2.24) is 0 Å². The molecule has 0 saturated carbocycles. The molecule has 1 aliphatic heterocycles. The number of rotatable bonds is 2. The van der Waals surface area contributed by atoms with Gasteiger partial charge in [-0.15, -0.1) is 23.5 Å². The molecule has 0 unspecified atom stereocenters. The summed E-state index contributed by atoms with van der Waals surface area (Å²) in [6.45, 7) is 0. The molecular weight excluding hydrogens is 220 g/mol. The van der Waals surface area contributed by atoms with Crippen LogP contribution in [0.4, 0.5) is 0 Å². The highest BCUT2D eigenvalue weighted by Crippen LogP contribution is 2.30. The average molecular weight is 236 g/mol. The standard InChI is InChI=1S/C13H16S2/c1-2-6-12(7-3-1)8-9-13-14-10-4-5-11-15-13/h1-3,6-9,13H,4-5,10-11H2/b9-8+. The summed E-state index contributed by atoms with van der Waals surface area (Å²) >= 11 is 4.16. The molecule has 0 aromatic heterocycles. The van der Waals surface area contributed by atoms with Gasteiger partial charge in [-0.05, 0) is 29.9 Å². The van der Waals surface area contributed by atoms with E-state index in [1.165, 1.54) is 29.9 Å². The molecule has 0 N–H and O–H groups in total. The largest absolute Gasteiger partial charge is 0.143 e. The minimum Gasteiger partial charge on any atom is -0.143 e. The highest BCUT2D eigenvalue weighted by atomic mass is 32.2. The zero-order valence-electron chi connectivity index (χ0n) is 8.76. The molecule has 1 aromatic carbocycles. The van der Waals surface area contributed by atoms with E-state index in [0.717, 1.165) is 0 Å². The van der Waals surface area contributed by atoms with Crippen LogP contribution in [0, 0.1) is 0 Å². The van der Waals surface area contributed by atoms with Crippen LogP contribution in [-0.4, -0.2) is 16.1 Å². The topological polar surface area (TPSA) is 0 Å². The lowest BCUT2D eigenvalue weighted by molar-refractivity contribution is 0.912. The third kappa shape index (κ3) is 3.96. The van der Waals surface area contributed by atoms with Crippen molar-refractivity contribution in [3.8, 4) is 0 Å². The van der Waals surface area contributed by atoms with Crippen LogP contribution in [0.5, 0.6) is 0 Å². The van der Waals surface area contributed by atoms with Crippen molar-refractivity contribution in [3.63, 3.8) is 0 Å². The molecule has 1 saturated heterocycles. The van der Waals surface area contributed by atoms with Gasteiger partial charge in [0.25, 0.3) is 0 Å². The predicted molar refractivity (Wildman–Crippen MR) is 73.4 cm³/mol. The second-order valence-electron chi connectivity index (χ2n) is 3.59. The third-order valence-corrected chi connectivity index (χ3v) is 5.18. The Morgan fingerprint density at radius 1 is 1.00 bits per heavy atom. The maximum atomic E-state index is 2.34. The summed E-state index contributed by atoms with van der Waals surface area (Å²) in [7, 11) is 0. The van der Waals surface area contributed by atoms with Gasteiger partial charge in [0.2, 0.25) is 0 Å². The molecular formula is C13H16S2. The van der Waals surface area contributed by atoms with Crippen LogP contribution in [0.25, 0.3) is 6.08 Å². The van der Waals surface area contributed by atoms with Gasteiger partial charge in [-0.25, -0.2) is 0 Å². The molecule has 0 spiro atoms. The first kappa shape index (κ1) is 11.2. The molecule has 2 rings (SSSR count). The van der Waals surface area contributed by atoms with Gasteiger partial charge in [-0.3, -0.25) is 0 Å². The number of hydrogen-bond donors (Lipinski definition) is 0. The monoisotopic (exact) mass is 236 g/mol. The van der Waals surface area contributed by atoms with Crippen molar-refractivity contribution >= 4 is 29.6 Å². The Bertz CT molecular complexity index is 298. The molecule has 1 aromatic rings. The van der Waals surface area contributed by atoms with E-state index in [4.69, 9.17) is 0 Å². The lowest BCUT2D eigenvalue weighted by Crippen LogP contribution is -1.90. The fourth-order valence-corrected chi connectivity index (χ4v) is 4.06. The van der Waals surface area contributed by atoms with Crippen molar-refractivity contribution in [1.29, 1.82) is 0 Å². The molecule has 0 bridgehead atoms. The van der Waals surface area contributed by atoms with Gasteiger partial charge in [0, 0.05) is 0 Å². The molecule has 1 fully saturated rings. The first-order valence-electron chi connectivity index (χ1n) is 5.41. The molecule has 0 amide bonds. The number of thioether (sulfide) groups is 2. The van der Waals surface area contributed by atoms with Crippen molar-refractivity contribution < 1.29 is 0 Å². The Labute approximate surface area is 101 Å². The molecule has 1 heterocycles. The van der Waals surface area contributed by atoms with Crippen molar-refractivity contribution in [2.75, 3.05) is 11.5 Å². The second-order valence-corrected chi connectivity index (χ2v) is 6.38. The summed E-state index contributed by atoms with van der Waals surface area (Å²) in [4.78, 5) is 0. The molecule has 80 valence electrons. The second kappa shape index (κ2) is 6.29. The highest BCUT2D eigenvalue weighted by molar-refractivity contribution is 8.17. The van der Waals surface area contributed by atoms with Gasteiger partial charge < -0.3 is 0 Å². The zero-order chi connectivity index (χ0) is 10.3. The zero-order valence-corrected chi connectivity index (χ0v) is 10.4. The van der Waals surface area contributed by atoms with E-state index in [1.807, 2.05) is 0 Å². The van der Waals surface area contributed by atoms with E-state index >= 15 is 0 Å². The number of benzene rings is 1. The third-order valence-electron chi connectivity index (χ3n) is 2.35. The maximum Gasteiger partial charge on any atom is 0.0685 e. The molecule has 2 heteroatoms. The van der Waals surface area contributed by atoms with Crippen LogP contribution in [0.15, 0.2) is 36.4 Å². The lowest BCUT2D eigenvalue weighted by atomic mass is 10.2. The van der Waals surface area contributed by atoms with Gasteiger partial charge in [-0.2, -0.15) is 0 Å². The van der Waals surface area contributed by atoms with Crippen LogP contribution in [0.3, 0.4) is 0 Å². The van der Waals surface area contributed by atoms with Gasteiger partial charge in [0.05, 0.1) is 4.58 Å². The minimum atomic E-state index is 0.660. The Morgan fingerprint density at radius 2 is 1.67 bits per heavy atom. The maximum absolute atomic E-state index is 2.34. The summed E-state index contributed by atoms with van der Waals surface area (Å²) in [6, 6.07) is 10.6. The first-order chi connectivity index (χ1) is 7.45. The normalized spacial score (nSPS) is 19.2. The average Bonchev–Trinajstić information content (AvgIpc) is 2.56. The number of hydrogen-bond acceptors (Lipinski definition) is 2. The van der Waals surface area contributed by atoms with E-state index in [9.17, 15) is 0 Å². The van der Waals surface area contributed by atoms with Gasteiger partial charge >= 0.3 is 0 Å². The fraction of sp³-hybridized carbons (Fsp3) is 0.385. The Balaban J connectivity index is 1.92. The highest BCUT2D eigenvalue weighted by Gasteiger charge is 2.09. The quantitative estimate of drug-likeness (QED) is 0.751. The van der Waals surface area contributed by atoms with Gasteiger partial charge in [-0.1, -0.05) is 42.5 Å². The fourth-order valence-electron chi connectivity index (χ4n) is 1.52. The van der Waals surface area contributed by atoms with E-state index < -0.39 is 0 Å². The van der Waals surface area contributed by atoms with Gasteiger partial charge in [0.15, 0.2) is 0 Å². The van der Waals surface area contributed by atoms with E-state index in [1.54, 1.807) is 0 Å². The molecule has 0 atom stereocenters. The Morgan fingerprint density at radius 3 is 2.33 bits per heavy atom. The van der Waals surface area contributed by atoms with E-state index in [0.29, 0.717) is 4.58 Å². The Kier molecular flexibility index (Phi) is 4.68. The molecule has 1 aliphatic rings. The van der Waals surface area contributed by atoms with Crippen LogP contribution < -0.4 is 0 Å². The van der Waals surface area contributed by atoms with Crippen LogP contribution in [0.2, 0.25) is 0 Å². The summed E-state index contributed by atoms with van der Waals surface area (Å²) in [6.07, 6.45) is 7.35. The Hall–Kier alpha value is -0.340. The predicted octanol–water partition coefficient (Wildman–Crippen LogP) is 4.29. The molecule has 0 radical (unpaired) electrons. The van der Waals surface area contributed by atoms with E-state index in [2.05, 4.69) is 66.0 Å². The van der Waals surface area contributed by atoms with Crippen LogP contribution in [0.1, 0.15) is 18.4 Å². The van der Waals surface area contributed by atoms with Crippen molar-refractivity contribution in [2.24, 2.45) is 0 Å². The molecule has 15 heavy (non-hydrogen) atoms.